The molecule has 0 saturated carbocycles. The number of terminal acetylenes is 1. The van der Waals surface area contributed by atoms with Crippen LogP contribution in [0.1, 0.15) is 35.1 Å². The van der Waals surface area contributed by atoms with Gasteiger partial charge < -0.3 is 9.47 Å². The van der Waals surface area contributed by atoms with Crippen LogP contribution in [0.5, 0.6) is 5.75 Å². The summed E-state index contributed by atoms with van der Waals surface area (Å²) in [5.74, 6) is 8.22. The van der Waals surface area contributed by atoms with Gasteiger partial charge >= 0.3 is 0 Å². The van der Waals surface area contributed by atoms with Crippen molar-refractivity contribution in [1.29, 1.82) is 0 Å². The first kappa shape index (κ1) is 26.4. The molecular weight excluding hydrogens is 468 g/mol. The summed E-state index contributed by atoms with van der Waals surface area (Å²) in [7, 11) is -8.08. The molecule has 10 heteroatoms. The maximum absolute atomic E-state index is 10.9. The van der Waals surface area contributed by atoms with Crippen molar-refractivity contribution in [3.8, 4) is 29.9 Å². The fourth-order valence-electron chi connectivity index (χ4n) is 2.64. The summed E-state index contributed by atoms with van der Waals surface area (Å²) in [6.07, 6.45) is 5.63. The molecule has 0 aliphatic carbocycles. The average molecular weight is 493 g/mol. The fraction of sp³-hybridized carbons (Fsp3) is 0.304. The number of hydrogen-bond acceptors (Lipinski definition) is 6. The number of rotatable bonds is 11. The number of hydrogen-bond donors (Lipinski definition) is 2. The molecule has 0 fully saturated rings. The molecule has 0 saturated heterocycles. The van der Waals surface area contributed by atoms with E-state index in [1.54, 1.807) is 42.5 Å². The second-order valence-corrected chi connectivity index (χ2v) is 10.1. The van der Waals surface area contributed by atoms with Crippen LogP contribution in [0.25, 0.3) is 0 Å². The Hall–Kier alpha value is -2.86. The van der Waals surface area contributed by atoms with Crippen LogP contribution in [0.2, 0.25) is 0 Å². The maximum atomic E-state index is 10.9. The predicted molar refractivity (Wildman–Crippen MR) is 124 cm³/mol. The van der Waals surface area contributed by atoms with E-state index in [9.17, 15) is 16.8 Å². The Labute approximate surface area is 194 Å². The van der Waals surface area contributed by atoms with E-state index in [1.807, 2.05) is 0 Å². The van der Waals surface area contributed by atoms with E-state index >= 15 is 0 Å². The summed E-state index contributed by atoms with van der Waals surface area (Å²) in [5, 5.41) is 0. The Kier molecular flexibility index (Phi) is 9.92. The van der Waals surface area contributed by atoms with Crippen LogP contribution in [-0.4, -0.2) is 50.7 Å². The third-order valence-electron chi connectivity index (χ3n) is 4.20. The van der Waals surface area contributed by atoms with Crippen LogP contribution in [0, 0.1) is 24.2 Å². The first-order valence-corrected chi connectivity index (χ1v) is 13.1. The lowest BCUT2D eigenvalue weighted by Gasteiger charge is -2.10. The molecule has 0 bridgehead atoms. The Bertz CT molecular complexity index is 1250. The van der Waals surface area contributed by atoms with Gasteiger partial charge in [-0.15, -0.1) is 6.42 Å². The monoisotopic (exact) mass is 492 g/mol. The Morgan fingerprint density at radius 3 is 2.03 bits per heavy atom. The first-order chi connectivity index (χ1) is 15.6. The van der Waals surface area contributed by atoms with Gasteiger partial charge in [-0.25, -0.2) is 0 Å². The molecular formula is C23H24O8S2. The molecule has 2 rings (SSSR count). The molecule has 0 amide bonds. The lowest BCUT2D eigenvalue weighted by Crippen LogP contribution is -2.09. The lowest BCUT2D eigenvalue weighted by atomic mass is 10.1. The van der Waals surface area contributed by atoms with Crippen LogP contribution in [0.4, 0.5) is 0 Å². The highest BCUT2D eigenvalue weighted by atomic mass is 32.2. The summed E-state index contributed by atoms with van der Waals surface area (Å²) in [4.78, 5) is 0. The van der Waals surface area contributed by atoms with Crippen molar-refractivity contribution in [3.05, 3.63) is 64.7 Å². The Morgan fingerprint density at radius 2 is 1.42 bits per heavy atom. The predicted octanol–water partition coefficient (Wildman–Crippen LogP) is 2.52. The Balaban J connectivity index is 2.12. The van der Waals surface area contributed by atoms with Gasteiger partial charge in [0.25, 0.3) is 20.2 Å². The molecule has 8 nitrogen and oxygen atoms in total. The largest absolute Gasteiger partial charge is 0.492 e. The van der Waals surface area contributed by atoms with E-state index in [0.717, 1.165) is 16.7 Å². The molecule has 0 atom stereocenters. The van der Waals surface area contributed by atoms with Crippen molar-refractivity contribution in [1.82, 2.24) is 0 Å². The van der Waals surface area contributed by atoms with Crippen molar-refractivity contribution >= 4 is 20.2 Å². The molecule has 176 valence electrons. The highest BCUT2D eigenvalue weighted by molar-refractivity contribution is 7.86. The Morgan fingerprint density at radius 1 is 0.818 bits per heavy atom. The number of ether oxygens (including phenoxy) is 2. The summed E-state index contributed by atoms with van der Waals surface area (Å²) >= 11 is 0. The zero-order chi connectivity index (χ0) is 24.3. The van der Waals surface area contributed by atoms with E-state index in [2.05, 4.69) is 17.8 Å². The zero-order valence-electron chi connectivity index (χ0n) is 17.7. The van der Waals surface area contributed by atoms with Gasteiger partial charge in [0.2, 0.25) is 0 Å². The van der Waals surface area contributed by atoms with Gasteiger partial charge in [0.1, 0.15) is 5.75 Å². The maximum Gasteiger partial charge on any atom is 0.264 e. The van der Waals surface area contributed by atoms with E-state index in [1.165, 1.54) is 0 Å². The molecule has 33 heavy (non-hydrogen) atoms. The first-order valence-electron chi connectivity index (χ1n) is 9.88. The highest BCUT2D eigenvalue weighted by Crippen LogP contribution is 2.21. The molecule has 0 spiro atoms. The third kappa shape index (κ3) is 11.0. The van der Waals surface area contributed by atoms with Gasteiger partial charge in [0.05, 0.1) is 30.3 Å². The van der Waals surface area contributed by atoms with Crippen molar-refractivity contribution in [2.45, 2.75) is 19.4 Å². The summed E-state index contributed by atoms with van der Waals surface area (Å²) < 4.78 is 71.9. The second kappa shape index (κ2) is 12.4. The molecule has 2 aromatic rings. The molecule has 2 aromatic carbocycles. The van der Waals surface area contributed by atoms with Crippen molar-refractivity contribution in [2.75, 3.05) is 24.7 Å². The minimum absolute atomic E-state index is 0.0663. The van der Waals surface area contributed by atoms with E-state index in [0.29, 0.717) is 11.3 Å². The van der Waals surface area contributed by atoms with Crippen LogP contribution in [-0.2, 0) is 31.6 Å². The molecule has 0 unspecified atom stereocenters. The van der Waals surface area contributed by atoms with Crippen LogP contribution in [0.15, 0.2) is 42.5 Å². The van der Waals surface area contributed by atoms with Gasteiger partial charge in [-0.3, -0.25) is 9.11 Å². The minimum Gasteiger partial charge on any atom is -0.492 e. The topological polar surface area (TPSA) is 127 Å². The van der Waals surface area contributed by atoms with Crippen LogP contribution >= 0.6 is 0 Å². The SMILES string of the molecule is C#Cc1ccc(C#Cc2cc(COCCCS(=O)(=O)O)ccc2OCCCS(=O)(=O)O)cc1. The molecule has 0 heterocycles. The zero-order valence-corrected chi connectivity index (χ0v) is 19.4. The quantitative estimate of drug-likeness (QED) is 0.278. The minimum atomic E-state index is -4.06. The van der Waals surface area contributed by atoms with E-state index in [4.69, 9.17) is 25.0 Å². The molecule has 0 aliphatic heterocycles. The summed E-state index contributed by atoms with van der Waals surface area (Å²) in [6, 6.07) is 12.3. The van der Waals surface area contributed by atoms with Gasteiger partial charge in [0.15, 0.2) is 0 Å². The van der Waals surface area contributed by atoms with Gasteiger partial charge in [-0.2, -0.15) is 16.8 Å². The second-order valence-electron chi connectivity index (χ2n) is 6.98. The van der Waals surface area contributed by atoms with Crippen LogP contribution < -0.4 is 4.74 Å². The standard InChI is InChI=1S/C23H24O8S2/c1-2-19-5-7-20(8-6-19)9-11-22-17-21(18-30-13-3-15-32(24,25)26)10-12-23(22)31-14-4-16-33(27,28)29/h1,5-8,10,12,17H,3-4,13-16,18H2,(H,24,25,26)(H,27,28,29). The lowest BCUT2D eigenvalue weighted by molar-refractivity contribution is 0.121. The highest BCUT2D eigenvalue weighted by Gasteiger charge is 2.08. The van der Waals surface area contributed by atoms with Crippen molar-refractivity contribution in [3.63, 3.8) is 0 Å². The molecule has 0 aromatic heterocycles. The summed E-state index contributed by atoms with van der Waals surface area (Å²) in [6.45, 7) is 0.410. The van der Waals surface area contributed by atoms with Crippen LogP contribution in [0.3, 0.4) is 0 Å². The smallest absolute Gasteiger partial charge is 0.264 e. The number of benzene rings is 2. The van der Waals surface area contributed by atoms with Gasteiger partial charge in [-0.05, 0) is 54.8 Å². The summed E-state index contributed by atoms with van der Waals surface area (Å²) in [5.41, 5.74) is 2.77. The normalized spacial score (nSPS) is 11.3. The third-order valence-corrected chi connectivity index (χ3v) is 5.81. The van der Waals surface area contributed by atoms with Crippen molar-refractivity contribution in [2.24, 2.45) is 0 Å². The van der Waals surface area contributed by atoms with E-state index < -0.39 is 26.0 Å². The van der Waals surface area contributed by atoms with E-state index in [-0.39, 0.29) is 38.4 Å². The van der Waals surface area contributed by atoms with Gasteiger partial charge in [0, 0.05) is 17.7 Å². The fourth-order valence-corrected chi connectivity index (χ4v) is 3.60. The molecule has 0 aliphatic rings. The average Bonchev–Trinajstić information content (AvgIpc) is 2.74. The van der Waals surface area contributed by atoms with Gasteiger partial charge in [-0.1, -0.05) is 23.8 Å². The molecule has 0 radical (unpaired) electrons. The van der Waals surface area contributed by atoms with Crippen molar-refractivity contribution < 1.29 is 35.4 Å². The molecule has 2 N–H and O–H groups in total.